The van der Waals surface area contributed by atoms with Crippen molar-refractivity contribution in [2.24, 2.45) is 5.84 Å². The monoisotopic (exact) mass is 222 g/mol. The molecule has 1 rings (SSSR count). The number of nitrogens with one attached hydrogen (secondary N) is 1. The number of hydrogen-bond donors (Lipinski definition) is 2. The molecule has 16 heavy (non-hydrogen) atoms. The van der Waals surface area contributed by atoms with Gasteiger partial charge in [0.05, 0.1) is 0 Å². The van der Waals surface area contributed by atoms with Gasteiger partial charge in [-0.15, -0.1) is 0 Å². The smallest absolute Gasteiger partial charge is 0.271 e. The zero-order chi connectivity index (χ0) is 12.1. The lowest BCUT2D eigenvalue weighted by molar-refractivity contribution is -0.123. The summed E-state index contributed by atoms with van der Waals surface area (Å²) in [4.78, 5) is 11.0. The fourth-order valence-electron chi connectivity index (χ4n) is 1.32. The highest BCUT2D eigenvalue weighted by Crippen LogP contribution is 2.24. The van der Waals surface area contributed by atoms with Crippen LogP contribution in [0.4, 0.5) is 0 Å². The van der Waals surface area contributed by atoms with Gasteiger partial charge in [-0.25, -0.2) is 5.84 Å². The van der Waals surface area contributed by atoms with Gasteiger partial charge in [0.15, 0.2) is 6.61 Å². The number of ether oxygens (including phenoxy) is 1. The number of carbonyl (C=O) groups excluding carboxylic acids is 1. The maximum Gasteiger partial charge on any atom is 0.271 e. The Balaban J connectivity index is 2.78. The molecular formula is C12H18N2O2. The van der Waals surface area contributed by atoms with Gasteiger partial charge in [-0.1, -0.05) is 26.0 Å². The zero-order valence-corrected chi connectivity index (χ0v) is 9.91. The number of amides is 1. The van der Waals surface area contributed by atoms with Crippen LogP contribution in [0.5, 0.6) is 5.75 Å². The number of benzene rings is 1. The molecule has 1 aromatic carbocycles. The topological polar surface area (TPSA) is 64.3 Å². The molecule has 0 bridgehead atoms. The molecule has 1 aromatic rings. The van der Waals surface area contributed by atoms with Gasteiger partial charge in [-0.05, 0) is 30.0 Å². The van der Waals surface area contributed by atoms with E-state index in [2.05, 4.69) is 19.9 Å². The highest BCUT2D eigenvalue weighted by molar-refractivity contribution is 5.76. The summed E-state index contributed by atoms with van der Waals surface area (Å²) in [6.07, 6.45) is 0. The lowest BCUT2D eigenvalue weighted by atomic mass is 10.0. The van der Waals surface area contributed by atoms with Crippen LogP contribution in [0.3, 0.4) is 0 Å². The molecule has 4 heteroatoms. The summed E-state index contributed by atoms with van der Waals surface area (Å²) in [5.41, 5.74) is 4.23. The van der Waals surface area contributed by atoms with Crippen LogP contribution in [0.15, 0.2) is 18.2 Å². The first kappa shape index (κ1) is 12.5. The minimum absolute atomic E-state index is 0.0567. The van der Waals surface area contributed by atoms with Gasteiger partial charge in [0.1, 0.15) is 5.75 Å². The van der Waals surface area contributed by atoms with Gasteiger partial charge >= 0.3 is 0 Å². The van der Waals surface area contributed by atoms with Gasteiger partial charge in [0.25, 0.3) is 5.91 Å². The molecule has 0 aliphatic carbocycles. The number of nitrogens with two attached hydrogens (primary N) is 1. The molecule has 3 N–H and O–H groups in total. The summed E-state index contributed by atoms with van der Waals surface area (Å²) in [5, 5.41) is 0. The van der Waals surface area contributed by atoms with Gasteiger partial charge in [-0.2, -0.15) is 0 Å². The molecule has 0 saturated heterocycles. The molecule has 0 fully saturated rings. The van der Waals surface area contributed by atoms with Gasteiger partial charge < -0.3 is 4.74 Å². The highest BCUT2D eigenvalue weighted by atomic mass is 16.5. The Morgan fingerprint density at radius 3 is 2.75 bits per heavy atom. The number of hydrazine groups is 1. The maximum atomic E-state index is 11.0. The van der Waals surface area contributed by atoms with Crippen LogP contribution in [0, 0.1) is 6.92 Å². The van der Waals surface area contributed by atoms with Crippen LogP contribution in [0.1, 0.15) is 30.9 Å². The Morgan fingerprint density at radius 1 is 1.50 bits per heavy atom. The third-order valence-corrected chi connectivity index (χ3v) is 2.40. The Labute approximate surface area is 95.8 Å². The van der Waals surface area contributed by atoms with E-state index < -0.39 is 0 Å². The molecule has 0 spiro atoms. The van der Waals surface area contributed by atoms with E-state index in [1.807, 2.05) is 24.5 Å². The van der Waals surface area contributed by atoms with Crippen molar-refractivity contribution >= 4 is 5.91 Å². The molecule has 0 heterocycles. The van der Waals surface area contributed by atoms with Crippen molar-refractivity contribution in [3.8, 4) is 5.75 Å². The first-order valence-electron chi connectivity index (χ1n) is 5.27. The number of hydrogen-bond acceptors (Lipinski definition) is 3. The van der Waals surface area contributed by atoms with E-state index in [0.29, 0.717) is 5.92 Å². The minimum Gasteiger partial charge on any atom is -0.483 e. The van der Waals surface area contributed by atoms with Crippen molar-refractivity contribution in [3.63, 3.8) is 0 Å². The van der Waals surface area contributed by atoms with Crippen LogP contribution in [-0.2, 0) is 4.79 Å². The van der Waals surface area contributed by atoms with Crippen molar-refractivity contribution in [1.82, 2.24) is 5.43 Å². The first-order chi connectivity index (χ1) is 7.54. The summed E-state index contributed by atoms with van der Waals surface area (Å²) in [7, 11) is 0. The maximum absolute atomic E-state index is 11.0. The van der Waals surface area contributed by atoms with Crippen molar-refractivity contribution < 1.29 is 9.53 Å². The lowest BCUT2D eigenvalue weighted by Gasteiger charge is -2.12. The average Bonchev–Trinajstić information content (AvgIpc) is 2.27. The summed E-state index contributed by atoms with van der Waals surface area (Å²) in [6, 6.07) is 6.02. The highest BCUT2D eigenvalue weighted by Gasteiger charge is 2.06. The fraction of sp³-hybridized carbons (Fsp3) is 0.417. The molecule has 0 aromatic heterocycles. The normalized spacial score (nSPS) is 10.3. The van der Waals surface area contributed by atoms with Gasteiger partial charge in [0, 0.05) is 0 Å². The Bertz CT molecular complexity index is 375. The Kier molecular flexibility index (Phi) is 4.31. The standard InChI is InChI=1S/C12H18N2O2/c1-8(2)10-5-4-9(3)11(6-10)16-7-12(15)14-13/h4-6,8H,7,13H2,1-3H3,(H,14,15). The Morgan fingerprint density at radius 2 is 2.19 bits per heavy atom. The van der Waals surface area contributed by atoms with Crippen LogP contribution in [-0.4, -0.2) is 12.5 Å². The summed E-state index contributed by atoms with van der Waals surface area (Å²) < 4.78 is 5.39. The molecule has 4 nitrogen and oxygen atoms in total. The molecule has 1 amide bonds. The van der Waals surface area contributed by atoms with Crippen LogP contribution >= 0.6 is 0 Å². The largest absolute Gasteiger partial charge is 0.483 e. The zero-order valence-electron chi connectivity index (χ0n) is 9.91. The van der Waals surface area contributed by atoms with E-state index in [9.17, 15) is 4.79 Å². The average molecular weight is 222 g/mol. The predicted molar refractivity (Wildman–Crippen MR) is 63.1 cm³/mol. The Hall–Kier alpha value is -1.55. The third-order valence-electron chi connectivity index (χ3n) is 2.40. The van der Waals surface area contributed by atoms with Crippen LogP contribution in [0.2, 0.25) is 0 Å². The number of rotatable bonds is 4. The van der Waals surface area contributed by atoms with Crippen molar-refractivity contribution in [2.75, 3.05) is 6.61 Å². The van der Waals surface area contributed by atoms with E-state index in [1.54, 1.807) is 0 Å². The van der Waals surface area contributed by atoms with Gasteiger partial charge in [-0.3, -0.25) is 10.2 Å². The molecule has 0 saturated carbocycles. The predicted octanol–water partition coefficient (Wildman–Crippen LogP) is 1.49. The molecule has 0 radical (unpaired) electrons. The first-order valence-corrected chi connectivity index (χ1v) is 5.27. The molecule has 88 valence electrons. The van der Waals surface area contributed by atoms with E-state index in [0.717, 1.165) is 11.3 Å². The van der Waals surface area contributed by atoms with Gasteiger partial charge in [0.2, 0.25) is 0 Å². The van der Waals surface area contributed by atoms with Crippen LogP contribution < -0.4 is 16.0 Å². The van der Waals surface area contributed by atoms with E-state index in [-0.39, 0.29) is 12.5 Å². The van der Waals surface area contributed by atoms with E-state index >= 15 is 0 Å². The lowest BCUT2D eigenvalue weighted by Crippen LogP contribution is -2.34. The fourth-order valence-corrected chi connectivity index (χ4v) is 1.32. The molecular weight excluding hydrogens is 204 g/mol. The quantitative estimate of drug-likeness (QED) is 0.461. The summed E-state index contributed by atoms with van der Waals surface area (Å²) in [6.45, 7) is 6.11. The second kappa shape index (κ2) is 5.51. The molecule has 0 aliphatic heterocycles. The minimum atomic E-state index is -0.339. The van der Waals surface area contributed by atoms with Crippen molar-refractivity contribution in [3.05, 3.63) is 29.3 Å². The number of aryl methyl sites for hydroxylation is 1. The number of carbonyl (C=O) groups is 1. The second-order valence-corrected chi connectivity index (χ2v) is 4.04. The SMILES string of the molecule is Cc1ccc(C(C)C)cc1OCC(=O)NN. The summed E-state index contributed by atoms with van der Waals surface area (Å²) >= 11 is 0. The molecule has 0 atom stereocenters. The van der Waals surface area contributed by atoms with Crippen molar-refractivity contribution in [2.45, 2.75) is 26.7 Å². The molecule has 0 unspecified atom stereocenters. The summed E-state index contributed by atoms with van der Waals surface area (Å²) in [5.74, 6) is 5.80. The third kappa shape index (κ3) is 3.24. The van der Waals surface area contributed by atoms with Crippen LogP contribution in [0.25, 0.3) is 0 Å². The van der Waals surface area contributed by atoms with E-state index in [4.69, 9.17) is 10.6 Å². The van der Waals surface area contributed by atoms with E-state index in [1.165, 1.54) is 5.56 Å². The van der Waals surface area contributed by atoms with Crippen molar-refractivity contribution in [1.29, 1.82) is 0 Å². The second-order valence-electron chi connectivity index (χ2n) is 4.04. The molecule has 0 aliphatic rings.